The van der Waals surface area contributed by atoms with Crippen LogP contribution < -0.4 is 5.32 Å². The maximum Gasteiger partial charge on any atom is 0.305 e. The van der Waals surface area contributed by atoms with E-state index in [0.29, 0.717) is 10.6 Å². The van der Waals surface area contributed by atoms with E-state index < -0.39 is 17.9 Å². The lowest BCUT2D eigenvalue weighted by Gasteiger charge is -2.12. The fourth-order valence-electron chi connectivity index (χ4n) is 2.06. The number of nitrogens with one attached hydrogen (secondary N) is 1. The van der Waals surface area contributed by atoms with Gasteiger partial charge in [0.25, 0.3) is 5.91 Å². The molecule has 1 atom stereocenters. The van der Waals surface area contributed by atoms with Gasteiger partial charge in [-0.3, -0.25) is 9.59 Å². The van der Waals surface area contributed by atoms with Gasteiger partial charge in [-0.15, -0.1) is 0 Å². The molecule has 1 aromatic heterocycles. The first-order valence-corrected chi connectivity index (χ1v) is 7.22. The first kappa shape index (κ1) is 16.8. The zero-order chi connectivity index (χ0) is 17.0. The third-order valence-electron chi connectivity index (χ3n) is 3.10. The van der Waals surface area contributed by atoms with Gasteiger partial charge >= 0.3 is 5.97 Å². The molecule has 120 valence electrons. The number of carboxylic acid groups (broad SMARTS) is 1. The van der Waals surface area contributed by atoms with Crippen molar-refractivity contribution in [3.8, 4) is 16.9 Å². The molecule has 1 amide bonds. The van der Waals surface area contributed by atoms with Gasteiger partial charge in [0.05, 0.1) is 6.42 Å². The van der Waals surface area contributed by atoms with Crippen LogP contribution in [0.15, 0.2) is 36.5 Å². The number of carbonyl (C=O) groups excluding carboxylic acids is 1. The lowest BCUT2D eigenvalue weighted by molar-refractivity contribution is -0.137. The van der Waals surface area contributed by atoms with E-state index >= 15 is 0 Å². The van der Waals surface area contributed by atoms with E-state index in [-0.39, 0.29) is 17.9 Å². The normalized spacial score (nSPS) is 11.7. The Kier molecular flexibility index (Phi) is 5.18. The van der Waals surface area contributed by atoms with Crippen LogP contribution in [-0.4, -0.2) is 33.1 Å². The number of hydrogen-bond donors (Lipinski definition) is 3. The topological polar surface area (TPSA) is 99.5 Å². The number of aromatic hydroxyl groups is 1. The SMILES string of the molecule is CC(CC(=O)O)NC(=O)c1ncc(-c2cccc(Cl)c2)cc1O. The van der Waals surface area contributed by atoms with Gasteiger partial charge < -0.3 is 15.5 Å². The van der Waals surface area contributed by atoms with E-state index in [4.69, 9.17) is 16.7 Å². The number of nitrogens with zero attached hydrogens (tertiary/aromatic N) is 1. The summed E-state index contributed by atoms with van der Waals surface area (Å²) in [4.78, 5) is 26.6. The Labute approximate surface area is 137 Å². The number of pyridine rings is 1. The number of rotatable bonds is 5. The average molecular weight is 335 g/mol. The maximum absolute atomic E-state index is 12.0. The molecule has 0 radical (unpaired) electrons. The van der Waals surface area contributed by atoms with Crippen molar-refractivity contribution in [1.29, 1.82) is 0 Å². The van der Waals surface area contributed by atoms with Gasteiger partial charge in [-0.05, 0) is 30.7 Å². The Hall–Kier alpha value is -2.60. The summed E-state index contributed by atoms with van der Waals surface area (Å²) in [6.07, 6.45) is 1.23. The number of carbonyl (C=O) groups is 2. The van der Waals surface area contributed by atoms with Gasteiger partial charge in [0.2, 0.25) is 0 Å². The molecular weight excluding hydrogens is 320 g/mol. The Morgan fingerprint density at radius 3 is 2.65 bits per heavy atom. The summed E-state index contributed by atoms with van der Waals surface area (Å²) >= 11 is 5.92. The smallest absolute Gasteiger partial charge is 0.305 e. The second kappa shape index (κ2) is 7.11. The Morgan fingerprint density at radius 1 is 1.30 bits per heavy atom. The first-order valence-electron chi connectivity index (χ1n) is 6.84. The van der Waals surface area contributed by atoms with Gasteiger partial charge in [0.15, 0.2) is 5.69 Å². The Balaban J connectivity index is 2.19. The highest BCUT2D eigenvalue weighted by Gasteiger charge is 2.17. The number of aliphatic carboxylic acids is 1. The van der Waals surface area contributed by atoms with Crippen molar-refractivity contribution in [3.05, 3.63) is 47.2 Å². The molecule has 7 heteroatoms. The average Bonchev–Trinajstić information content (AvgIpc) is 2.45. The number of amides is 1. The van der Waals surface area contributed by atoms with Crippen molar-refractivity contribution >= 4 is 23.5 Å². The van der Waals surface area contributed by atoms with E-state index in [1.807, 2.05) is 0 Å². The molecule has 0 fully saturated rings. The number of hydrogen-bond acceptors (Lipinski definition) is 4. The standard InChI is InChI=1S/C16H15ClN2O4/c1-9(5-14(21)22)19-16(23)15-13(20)7-11(8-18-15)10-3-2-4-12(17)6-10/h2-4,6-9,20H,5H2,1H3,(H,19,23)(H,21,22). The summed E-state index contributed by atoms with van der Waals surface area (Å²) in [6.45, 7) is 1.56. The van der Waals surface area contributed by atoms with E-state index in [1.54, 1.807) is 31.2 Å². The Bertz CT molecular complexity index is 749. The van der Waals surface area contributed by atoms with Crippen molar-refractivity contribution in [1.82, 2.24) is 10.3 Å². The van der Waals surface area contributed by atoms with Gasteiger partial charge in [0.1, 0.15) is 5.75 Å². The van der Waals surface area contributed by atoms with Gasteiger partial charge in [-0.1, -0.05) is 23.7 Å². The molecule has 2 aromatic rings. The molecular formula is C16H15ClN2O4. The summed E-state index contributed by atoms with van der Waals surface area (Å²) < 4.78 is 0. The van der Waals surface area contributed by atoms with Gasteiger partial charge in [-0.2, -0.15) is 0 Å². The minimum Gasteiger partial charge on any atom is -0.505 e. The molecule has 1 heterocycles. The molecule has 23 heavy (non-hydrogen) atoms. The van der Waals surface area contributed by atoms with E-state index in [1.165, 1.54) is 12.3 Å². The zero-order valence-corrected chi connectivity index (χ0v) is 13.0. The van der Waals surface area contributed by atoms with E-state index in [2.05, 4.69) is 10.3 Å². The van der Waals surface area contributed by atoms with Crippen LogP contribution in [0.5, 0.6) is 5.75 Å². The molecule has 6 nitrogen and oxygen atoms in total. The molecule has 1 unspecified atom stereocenters. The van der Waals surface area contributed by atoms with Crippen LogP contribution in [0.4, 0.5) is 0 Å². The van der Waals surface area contributed by atoms with Crippen LogP contribution in [0.1, 0.15) is 23.8 Å². The summed E-state index contributed by atoms with van der Waals surface area (Å²) in [5.74, 6) is -1.94. The number of aromatic nitrogens is 1. The van der Waals surface area contributed by atoms with Crippen LogP contribution >= 0.6 is 11.6 Å². The highest BCUT2D eigenvalue weighted by atomic mass is 35.5. The highest BCUT2D eigenvalue weighted by molar-refractivity contribution is 6.30. The number of carboxylic acids is 1. The van der Waals surface area contributed by atoms with Crippen LogP contribution in [0.3, 0.4) is 0 Å². The second-order valence-electron chi connectivity index (χ2n) is 5.07. The van der Waals surface area contributed by atoms with Crippen molar-refractivity contribution < 1.29 is 19.8 Å². The van der Waals surface area contributed by atoms with Crippen LogP contribution in [0.2, 0.25) is 5.02 Å². The fourth-order valence-corrected chi connectivity index (χ4v) is 2.25. The van der Waals surface area contributed by atoms with Crippen molar-refractivity contribution in [2.75, 3.05) is 0 Å². The molecule has 0 saturated carbocycles. The lowest BCUT2D eigenvalue weighted by Crippen LogP contribution is -2.34. The summed E-state index contributed by atoms with van der Waals surface area (Å²) in [7, 11) is 0. The Morgan fingerprint density at radius 2 is 2.04 bits per heavy atom. The first-order chi connectivity index (χ1) is 10.9. The fraction of sp³-hybridized carbons (Fsp3) is 0.188. The van der Waals surface area contributed by atoms with Gasteiger partial charge in [-0.25, -0.2) is 4.98 Å². The maximum atomic E-state index is 12.0. The third-order valence-corrected chi connectivity index (χ3v) is 3.33. The molecule has 2 rings (SSSR count). The summed E-state index contributed by atoms with van der Waals surface area (Å²) in [5, 5.41) is 21.7. The predicted octanol–water partition coefficient (Wildman–Crippen LogP) is 2.70. The largest absolute Gasteiger partial charge is 0.505 e. The second-order valence-corrected chi connectivity index (χ2v) is 5.51. The molecule has 0 aliphatic heterocycles. The molecule has 0 aliphatic rings. The van der Waals surface area contributed by atoms with Crippen LogP contribution in [0, 0.1) is 0 Å². The molecule has 0 bridgehead atoms. The lowest BCUT2D eigenvalue weighted by atomic mass is 10.1. The van der Waals surface area contributed by atoms with Gasteiger partial charge in [0, 0.05) is 22.8 Å². The quantitative estimate of drug-likeness (QED) is 0.780. The summed E-state index contributed by atoms with van der Waals surface area (Å²) in [5.41, 5.74) is 1.21. The van der Waals surface area contributed by atoms with Crippen LogP contribution in [0.25, 0.3) is 11.1 Å². The highest BCUT2D eigenvalue weighted by Crippen LogP contribution is 2.26. The number of benzene rings is 1. The summed E-state index contributed by atoms with van der Waals surface area (Å²) in [6, 6.07) is 7.85. The molecule has 0 aliphatic carbocycles. The van der Waals surface area contributed by atoms with Crippen molar-refractivity contribution in [3.63, 3.8) is 0 Å². The molecule has 0 saturated heterocycles. The van der Waals surface area contributed by atoms with E-state index in [9.17, 15) is 14.7 Å². The van der Waals surface area contributed by atoms with Crippen molar-refractivity contribution in [2.45, 2.75) is 19.4 Å². The molecule has 1 aromatic carbocycles. The van der Waals surface area contributed by atoms with Crippen molar-refractivity contribution in [2.24, 2.45) is 0 Å². The number of halogens is 1. The minimum absolute atomic E-state index is 0.159. The molecule has 3 N–H and O–H groups in total. The van der Waals surface area contributed by atoms with Crippen LogP contribution in [-0.2, 0) is 4.79 Å². The molecule has 0 spiro atoms. The van der Waals surface area contributed by atoms with E-state index in [0.717, 1.165) is 5.56 Å². The monoisotopic (exact) mass is 334 g/mol. The third kappa shape index (κ3) is 4.43. The zero-order valence-electron chi connectivity index (χ0n) is 12.3. The minimum atomic E-state index is -1.02. The predicted molar refractivity (Wildman–Crippen MR) is 85.5 cm³/mol.